The lowest BCUT2D eigenvalue weighted by molar-refractivity contribution is 0.174. The predicted octanol–water partition coefficient (Wildman–Crippen LogP) is 3.84. The van der Waals surface area contributed by atoms with E-state index in [9.17, 15) is 0 Å². The topological polar surface area (TPSA) is 78.6 Å². The minimum absolute atomic E-state index is 0.250. The van der Waals surface area contributed by atoms with Gasteiger partial charge in [-0.05, 0) is 37.1 Å². The molecule has 4 rings (SSSR count). The fourth-order valence-electron chi connectivity index (χ4n) is 2.75. The molecule has 0 fully saturated rings. The van der Waals surface area contributed by atoms with Gasteiger partial charge >= 0.3 is 0 Å². The van der Waals surface area contributed by atoms with Gasteiger partial charge in [-0.15, -0.1) is 0 Å². The third-order valence-electron chi connectivity index (χ3n) is 3.94. The van der Waals surface area contributed by atoms with Crippen molar-refractivity contribution in [3.63, 3.8) is 0 Å². The lowest BCUT2D eigenvalue weighted by atomic mass is 10.0. The summed E-state index contributed by atoms with van der Waals surface area (Å²) in [5.74, 6) is 2.85. The van der Waals surface area contributed by atoms with E-state index in [-0.39, 0.29) is 6.79 Å². The minimum atomic E-state index is 0.250. The van der Waals surface area contributed by atoms with Gasteiger partial charge in [-0.3, -0.25) is 15.7 Å². The SMILES string of the molecule is CCOc1ccccc1.N=CN1C(=N)CCc2cc3c(cc21)OCO3. The Morgan fingerprint density at radius 3 is 2.52 bits per heavy atom. The molecule has 2 N–H and O–H groups in total. The molecule has 2 aromatic carbocycles. The average molecular weight is 339 g/mol. The Balaban J connectivity index is 0.000000173. The van der Waals surface area contributed by atoms with Crippen LogP contribution in [-0.4, -0.2) is 25.6 Å². The molecule has 6 nitrogen and oxygen atoms in total. The molecular weight excluding hydrogens is 318 g/mol. The van der Waals surface area contributed by atoms with E-state index in [1.807, 2.05) is 49.4 Å². The number of benzene rings is 2. The van der Waals surface area contributed by atoms with Crippen LogP contribution in [0.2, 0.25) is 0 Å². The molecule has 0 aromatic heterocycles. The zero-order chi connectivity index (χ0) is 17.6. The molecule has 6 heteroatoms. The largest absolute Gasteiger partial charge is 0.494 e. The van der Waals surface area contributed by atoms with Crippen LogP contribution in [0.4, 0.5) is 5.69 Å². The molecule has 0 amide bonds. The van der Waals surface area contributed by atoms with E-state index in [1.54, 1.807) is 4.90 Å². The Morgan fingerprint density at radius 2 is 1.84 bits per heavy atom. The number of amidine groups is 1. The van der Waals surface area contributed by atoms with E-state index in [2.05, 4.69) is 0 Å². The highest BCUT2D eigenvalue weighted by Crippen LogP contribution is 2.40. The van der Waals surface area contributed by atoms with Gasteiger partial charge in [0.1, 0.15) is 11.6 Å². The molecule has 0 saturated heterocycles. The van der Waals surface area contributed by atoms with E-state index < -0.39 is 0 Å². The number of anilines is 1. The smallest absolute Gasteiger partial charge is 0.231 e. The molecule has 0 spiro atoms. The quantitative estimate of drug-likeness (QED) is 0.658. The molecule has 2 aliphatic rings. The van der Waals surface area contributed by atoms with Crippen molar-refractivity contribution in [3.8, 4) is 17.2 Å². The van der Waals surface area contributed by atoms with Crippen molar-refractivity contribution in [2.75, 3.05) is 18.3 Å². The van der Waals surface area contributed by atoms with E-state index in [0.717, 1.165) is 35.8 Å². The van der Waals surface area contributed by atoms with E-state index in [4.69, 9.17) is 25.0 Å². The van der Waals surface area contributed by atoms with E-state index in [0.29, 0.717) is 18.0 Å². The van der Waals surface area contributed by atoms with Crippen LogP contribution in [0.1, 0.15) is 18.9 Å². The third kappa shape index (κ3) is 3.74. The van der Waals surface area contributed by atoms with Crippen LogP contribution in [0.3, 0.4) is 0 Å². The van der Waals surface area contributed by atoms with Crippen LogP contribution in [0.5, 0.6) is 17.2 Å². The number of aryl methyl sites for hydroxylation is 1. The Morgan fingerprint density at radius 1 is 1.12 bits per heavy atom. The van der Waals surface area contributed by atoms with Gasteiger partial charge in [-0.25, -0.2) is 0 Å². The summed E-state index contributed by atoms with van der Waals surface area (Å²) in [7, 11) is 0. The van der Waals surface area contributed by atoms with Gasteiger partial charge in [-0.2, -0.15) is 0 Å². The first-order valence-corrected chi connectivity index (χ1v) is 8.20. The maximum atomic E-state index is 7.78. The van der Waals surface area contributed by atoms with Gasteiger partial charge in [-0.1, -0.05) is 18.2 Å². The monoisotopic (exact) mass is 339 g/mol. The van der Waals surface area contributed by atoms with Crippen molar-refractivity contribution in [3.05, 3.63) is 48.0 Å². The molecule has 0 bridgehead atoms. The van der Waals surface area contributed by atoms with Gasteiger partial charge in [0.05, 0.1) is 18.6 Å². The summed E-state index contributed by atoms with van der Waals surface area (Å²) in [6.07, 6.45) is 2.64. The lowest BCUT2D eigenvalue weighted by Gasteiger charge is -2.27. The fraction of sp³-hybridized carbons (Fsp3) is 0.263. The molecule has 0 radical (unpaired) electrons. The first kappa shape index (κ1) is 16.8. The molecular formula is C19H21N3O3. The lowest BCUT2D eigenvalue weighted by Crippen LogP contribution is -2.32. The number of hydrogen-bond donors (Lipinski definition) is 2. The Hall–Kier alpha value is -3.02. The Bertz CT molecular complexity index is 762. The zero-order valence-corrected chi connectivity index (χ0v) is 14.1. The highest BCUT2D eigenvalue weighted by atomic mass is 16.7. The van der Waals surface area contributed by atoms with Crippen molar-refractivity contribution >= 4 is 17.9 Å². The Labute approximate surface area is 147 Å². The molecule has 2 aliphatic heterocycles. The first-order valence-electron chi connectivity index (χ1n) is 8.20. The van der Waals surface area contributed by atoms with Crippen LogP contribution < -0.4 is 19.1 Å². The van der Waals surface area contributed by atoms with E-state index in [1.165, 1.54) is 6.34 Å². The van der Waals surface area contributed by atoms with Gasteiger partial charge in [0.25, 0.3) is 0 Å². The number of hydrogen-bond acceptors (Lipinski definition) is 5. The molecule has 2 aromatic rings. The summed E-state index contributed by atoms with van der Waals surface area (Å²) in [6.45, 7) is 2.97. The second kappa shape index (κ2) is 7.70. The number of ether oxygens (including phenoxy) is 3. The summed E-state index contributed by atoms with van der Waals surface area (Å²) in [4.78, 5) is 1.57. The molecule has 25 heavy (non-hydrogen) atoms. The van der Waals surface area contributed by atoms with Gasteiger partial charge in [0, 0.05) is 12.5 Å². The average Bonchev–Trinajstić information content (AvgIpc) is 3.09. The van der Waals surface area contributed by atoms with Gasteiger partial charge in [0.15, 0.2) is 11.5 Å². The van der Waals surface area contributed by atoms with Gasteiger partial charge < -0.3 is 14.2 Å². The molecule has 130 valence electrons. The highest BCUT2D eigenvalue weighted by Gasteiger charge is 2.24. The molecule has 0 unspecified atom stereocenters. The van der Waals surface area contributed by atoms with Crippen molar-refractivity contribution in [1.82, 2.24) is 0 Å². The summed E-state index contributed by atoms with van der Waals surface area (Å²) >= 11 is 0. The molecule has 0 atom stereocenters. The number of nitrogens with one attached hydrogen (secondary N) is 2. The molecule has 2 heterocycles. The number of para-hydroxylation sites is 1. The number of fused-ring (bicyclic) bond motifs is 2. The normalized spacial score (nSPS) is 14.3. The van der Waals surface area contributed by atoms with Crippen LogP contribution in [0.15, 0.2) is 42.5 Å². The zero-order valence-electron chi connectivity index (χ0n) is 14.1. The van der Waals surface area contributed by atoms with Gasteiger partial charge in [0.2, 0.25) is 6.79 Å². The van der Waals surface area contributed by atoms with E-state index >= 15 is 0 Å². The summed E-state index contributed by atoms with van der Waals surface area (Å²) in [5.41, 5.74) is 1.96. The fourth-order valence-corrected chi connectivity index (χ4v) is 2.75. The van der Waals surface area contributed by atoms with Crippen molar-refractivity contribution in [2.24, 2.45) is 0 Å². The molecule has 0 aliphatic carbocycles. The Kier molecular flexibility index (Phi) is 5.18. The standard InChI is InChI=1S/C11H11N3O2.C8H10O/c12-5-14-8-4-10-9(15-6-16-10)3-7(8)1-2-11(14)13;1-2-9-8-6-4-3-5-7-8/h3-5,12-13H,1-2,6H2;3-7H,2H2,1H3. The predicted molar refractivity (Wildman–Crippen MR) is 97.5 cm³/mol. The second-order valence-corrected chi connectivity index (χ2v) is 5.53. The van der Waals surface area contributed by atoms with Crippen LogP contribution in [0.25, 0.3) is 0 Å². The summed E-state index contributed by atoms with van der Waals surface area (Å²) in [5, 5.41) is 15.1. The molecule has 0 saturated carbocycles. The first-order chi connectivity index (χ1) is 12.2. The third-order valence-corrected chi connectivity index (χ3v) is 3.94. The summed E-state index contributed by atoms with van der Waals surface area (Å²) < 4.78 is 15.8. The number of rotatable bonds is 3. The van der Waals surface area contributed by atoms with Crippen molar-refractivity contribution < 1.29 is 14.2 Å². The minimum Gasteiger partial charge on any atom is -0.494 e. The van der Waals surface area contributed by atoms with Crippen LogP contribution in [-0.2, 0) is 6.42 Å². The van der Waals surface area contributed by atoms with Crippen LogP contribution >= 0.6 is 0 Å². The highest BCUT2D eigenvalue weighted by molar-refractivity contribution is 6.11. The maximum absolute atomic E-state index is 7.78. The summed E-state index contributed by atoms with van der Waals surface area (Å²) in [6, 6.07) is 13.6. The second-order valence-electron chi connectivity index (χ2n) is 5.53. The number of nitrogens with zero attached hydrogens (tertiary/aromatic N) is 1. The van der Waals surface area contributed by atoms with Crippen molar-refractivity contribution in [2.45, 2.75) is 19.8 Å². The van der Waals surface area contributed by atoms with Crippen molar-refractivity contribution in [1.29, 1.82) is 10.8 Å². The maximum Gasteiger partial charge on any atom is 0.231 e. The van der Waals surface area contributed by atoms with Crippen LogP contribution in [0, 0.1) is 10.8 Å².